The number of allylic oxidation sites excluding steroid dienone is 4. The first-order valence-electron chi connectivity index (χ1n) is 8.31. The summed E-state index contributed by atoms with van der Waals surface area (Å²) in [5.41, 5.74) is 12.0. The van der Waals surface area contributed by atoms with Gasteiger partial charge < -0.3 is 0 Å². The predicted molar refractivity (Wildman–Crippen MR) is 97.6 cm³/mol. The van der Waals surface area contributed by atoms with Crippen LogP contribution in [-0.2, 0) is 6.54 Å². The van der Waals surface area contributed by atoms with Crippen LogP contribution in [0.1, 0.15) is 42.5 Å². The Hall–Kier alpha value is -2.16. The van der Waals surface area contributed by atoms with Crippen molar-refractivity contribution < 1.29 is 0 Å². The summed E-state index contributed by atoms with van der Waals surface area (Å²) < 4.78 is 0. The molecule has 2 aromatic rings. The lowest BCUT2D eigenvalue weighted by Crippen LogP contribution is -2.33. The summed E-state index contributed by atoms with van der Waals surface area (Å²) in [6, 6.07) is 19.6. The summed E-state index contributed by atoms with van der Waals surface area (Å²) in [7, 11) is 0. The molecule has 0 saturated carbocycles. The predicted octanol–water partition coefficient (Wildman–Crippen LogP) is 4.78. The number of hydrogen-bond donors (Lipinski definition) is 2. The first kappa shape index (κ1) is 15.7. The summed E-state index contributed by atoms with van der Waals surface area (Å²) in [5, 5.41) is 0. The normalized spacial score (nSPS) is 15.3. The molecule has 2 heteroatoms. The van der Waals surface area contributed by atoms with Crippen LogP contribution < -0.4 is 10.9 Å². The molecule has 0 bridgehead atoms. The van der Waals surface area contributed by atoms with Gasteiger partial charge in [0, 0.05) is 12.6 Å². The molecule has 0 aromatic heterocycles. The van der Waals surface area contributed by atoms with E-state index in [-0.39, 0.29) is 6.04 Å². The highest BCUT2D eigenvalue weighted by molar-refractivity contribution is 5.68. The Morgan fingerprint density at radius 3 is 2.48 bits per heavy atom. The van der Waals surface area contributed by atoms with Gasteiger partial charge in [0.05, 0.1) is 0 Å². The van der Waals surface area contributed by atoms with E-state index in [1.807, 2.05) is 6.07 Å². The van der Waals surface area contributed by atoms with E-state index in [1.165, 1.54) is 22.3 Å². The third-order valence-corrected chi connectivity index (χ3v) is 4.25. The lowest BCUT2D eigenvalue weighted by Gasteiger charge is -2.16. The molecule has 0 fully saturated rings. The Morgan fingerprint density at radius 2 is 1.78 bits per heavy atom. The second-order valence-electron chi connectivity index (χ2n) is 5.99. The Morgan fingerprint density at radius 1 is 1.00 bits per heavy atom. The zero-order valence-electron chi connectivity index (χ0n) is 13.6. The average molecular weight is 304 g/mol. The molecule has 118 valence electrons. The lowest BCUT2D eigenvalue weighted by atomic mass is 9.96. The Balaban J connectivity index is 1.54. The maximum Gasteiger partial charge on any atom is 0.0434 e. The van der Waals surface area contributed by atoms with Crippen molar-refractivity contribution in [3.8, 4) is 0 Å². The summed E-state index contributed by atoms with van der Waals surface area (Å²) in [6.07, 6.45) is 8.89. The highest BCUT2D eigenvalue weighted by Crippen LogP contribution is 2.24. The first-order valence-corrected chi connectivity index (χ1v) is 8.31. The Kier molecular flexibility index (Phi) is 5.41. The second kappa shape index (κ2) is 7.91. The van der Waals surface area contributed by atoms with Crippen LogP contribution >= 0.6 is 0 Å². The van der Waals surface area contributed by atoms with Crippen LogP contribution in [0.3, 0.4) is 0 Å². The van der Waals surface area contributed by atoms with E-state index in [2.05, 4.69) is 84.5 Å². The smallest absolute Gasteiger partial charge is 0.0434 e. The maximum absolute atomic E-state index is 3.37. The number of rotatable bonds is 6. The van der Waals surface area contributed by atoms with E-state index in [1.54, 1.807) is 0 Å². The zero-order valence-corrected chi connectivity index (χ0v) is 13.6. The molecule has 0 radical (unpaired) electrons. The molecule has 3 rings (SSSR count). The largest absolute Gasteiger partial charge is 0.253 e. The molecule has 0 amide bonds. The maximum atomic E-state index is 3.37. The van der Waals surface area contributed by atoms with E-state index >= 15 is 0 Å². The van der Waals surface area contributed by atoms with Gasteiger partial charge in [0.15, 0.2) is 0 Å². The molecule has 0 saturated heterocycles. The highest BCUT2D eigenvalue weighted by atomic mass is 15.4. The van der Waals surface area contributed by atoms with Crippen molar-refractivity contribution in [3.05, 3.63) is 89.5 Å². The van der Waals surface area contributed by atoms with E-state index in [9.17, 15) is 0 Å². The van der Waals surface area contributed by atoms with Crippen LogP contribution in [0.15, 0.2) is 72.8 Å². The first-order chi connectivity index (χ1) is 11.3. The van der Waals surface area contributed by atoms with Crippen LogP contribution in [0.5, 0.6) is 0 Å². The van der Waals surface area contributed by atoms with Gasteiger partial charge in [0.2, 0.25) is 0 Å². The van der Waals surface area contributed by atoms with E-state index in [0.29, 0.717) is 0 Å². The van der Waals surface area contributed by atoms with E-state index < -0.39 is 0 Å². The van der Waals surface area contributed by atoms with E-state index in [0.717, 1.165) is 19.4 Å². The zero-order chi connectivity index (χ0) is 15.9. The molecule has 0 heterocycles. The van der Waals surface area contributed by atoms with Gasteiger partial charge in [0.1, 0.15) is 0 Å². The third-order valence-electron chi connectivity index (χ3n) is 4.25. The Labute approximate surface area is 138 Å². The topological polar surface area (TPSA) is 24.1 Å². The van der Waals surface area contributed by atoms with Crippen molar-refractivity contribution in [2.75, 3.05) is 0 Å². The summed E-state index contributed by atoms with van der Waals surface area (Å²) in [6.45, 7) is 3.00. The summed E-state index contributed by atoms with van der Waals surface area (Å²) in [5.74, 6) is 0. The minimum atomic E-state index is 0.271. The van der Waals surface area contributed by atoms with Crippen molar-refractivity contribution >= 4 is 5.57 Å². The fraction of sp³-hybridized carbons (Fsp3) is 0.238. The quantitative estimate of drug-likeness (QED) is 0.751. The van der Waals surface area contributed by atoms with Gasteiger partial charge in [-0.25, -0.2) is 0 Å². The molecular formula is C21H24N2. The number of hydrazine groups is 1. The van der Waals surface area contributed by atoms with Gasteiger partial charge in [-0.3, -0.25) is 10.9 Å². The van der Waals surface area contributed by atoms with Gasteiger partial charge in [-0.15, -0.1) is 0 Å². The Bertz CT molecular complexity index is 669. The van der Waals surface area contributed by atoms with Crippen LogP contribution in [0.25, 0.3) is 5.57 Å². The molecule has 1 unspecified atom stereocenters. The molecule has 2 aromatic carbocycles. The second-order valence-corrected chi connectivity index (χ2v) is 5.99. The fourth-order valence-corrected chi connectivity index (χ4v) is 2.81. The standard InChI is InChI=1S/C21H24N2/c1-17(23-22-16-18-8-4-2-5-9-18)19-12-14-21(15-13-19)20-10-6-3-7-11-20/h2-6,8-10,12-15,17,22-23H,7,11,16H2,1H3. The molecule has 0 spiro atoms. The van der Waals surface area contributed by atoms with Gasteiger partial charge in [0.25, 0.3) is 0 Å². The third kappa shape index (κ3) is 4.41. The number of nitrogens with one attached hydrogen (secondary N) is 2. The van der Waals surface area contributed by atoms with Crippen molar-refractivity contribution in [1.29, 1.82) is 0 Å². The molecule has 0 aliphatic heterocycles. The molecule has 23 heavy (non-hydrogen) atoms. The fourth-order valence-electron chi connectivity index (χ4n) is 2.81. The molecule has 1 aliphatic rings. The van der Waals surface area contributed by atoms with Gasteiger partial charge >= 0.3 is 0 Å². The molecule has 1 aliphatic carbocycles. The lowest BCUT2D eigenvalue weighted by molar-refractivity contribution is 0.460. The van der Waals surface area contributed by atoms with Crippen molar-refractivity contribution in [2.45, 2.75) is 32.4 Å². The van der Waals surface area contributed by atoms with Crippen molar-refractivity contribution in [3.63, 3.8) is 0 Å². The average Bonchev–Trinajstić information content (AvgIpc) is 2.63. The van der Waals surface area contributed by atoms with Crippen LogP contribution in [-0.4, -0.2) is 0 Å². The SMILES string of the molecule is CC(NNCc1ccccc1)c1ccc(C2=CC=CCC2)cc1. The van der Waals surface area contributed by atoms with Crippen LogP contribution in [0, 0.1) is 0 Å². The van der Waals surface area contributed by atoms with Crippen molar-refractivity contribution in [1.82, 2.24) is 10.9 Å². The molecule has 2 nitrogen and oxygen atoms in total. The van der Waals surface area contributed by atoms with Gasteiger partial charge in [-0.1, -0.05) is 72.8 Å². The molecule has 2 N–H and O–H groups in total. The summed E-state index contributed by atoms with van der Waals surface area (Å²) in [4.78, 5) is 0. The summed E-state index contributed by atoms with van der Waals surface area (Å²) >= 11 is 0. The molecule has 1 atom stereocenters. The van der Waals surface area contributed by atoms with Crippen LogP contribution in [0.4, 0.5) is 0 Å². The van der Waals surface area contributed by atoms with Gasteiger partial charge in [-0.2, -0.15) is 0 Å². The highest BCUT2D eigenvalue weighted by Gasteiger charge is 2.07. The number of hydrogen-bond acceptors (Lipinski definition) is 2. The van der Waals surface area contributed by atoms with E-state index in [4.69, 9.17) is 0 Å². The monoisotopic (exact) mass is 304 g/mol. The van der Waals surface area contributed by atoms with Crippen LogP contribution in [0.2, 0.25) is 0 Å². The van der Waals surface area contributed by atoms with Crippen molar-refractivity contribution in [2.24, 2.45) is 0 Å². The minimum absolute atomic E-state index is 0.271. The minimum Gasteiger partial charge on any atom is -0.253 e. The molecular weight excluding hydrogens is 280 g/mol. The van der Waals surface area contributed by atoms with Gasteiger partial charge in [-0.05, 0) is 42.0 Å². The number of benzene rings is 2.